The number of nitrogens with one attached hydrogen (secondary N) is 2. The van der Waals surface area contributed by atoms with Crippen molar-refractivity contribution in [1.82, 2.24) is 15.5 Å². The molecule has 1 aromatic carbocycles. The lowest BCUT2D eigenvalue weighted by atomic mass is 10.2. The molecule has 1 aliphatic rings. The smallest absolute Gasteiger partial charge is 0.225 e. The summed E-state index contributed by atoms with van der Waals surface area (Å²) in [6.07, 6.45) is 0.961. The van der Waals surface area contributed by atoms with Crippen molar-refractivity contribution in [3.8, 4) is 0 Å². The monoisotopic (exact) mass is 473 g/mol. The molecule has 7 heteroatoms. The summed E-state index contributed by atoms with van der Waals surface area (Å²) >= 11 is 0. The first kappa shape index (κ1) is 22.5. The molecule has 1 fully saturated rings. The van der Waals surface area contributed by atoms with Crippen LogP contribution in [0.25, 0.3) is 0 Å². The first-order chi connectivity index (χ1) is 12.0. The van der Waals surface area contributed by atoms with Crippen molar-refractivity contribution in [3.05, 3.63) is 30.3 Å². The maximum absolute atomic E-state index is 12.1. The highest BCUT2D eigenvalue weighted by Crippen LogP contribution is 2.13. The molecule has 6 nitrogen and oxygen atoms in total. The number of carbonyl (C=O) groups excluding carboxylic acids is 1. The summed E-state index contributed by atoms with van der Waals surface area (Å²) in [7, 11) is 3.86. The van der Waals surface area contributed by atoms with E-state index in [0.29, 0.717) is 0 Å². The zero-order chi connectivity index (χ0) is 18.2. The molecule has 146 valence electrons. The van der Waals surface area contributed by atoms with Crippen molar-refractivity contribution in [1.29, 1.82) is 0 Å². The standard InChI is InChI=1S/C19H31N5O.HI/c1-15(2)18(25)24-12-10-16(14-24)22-19(20-3)21-11-13-23(4)17-8-6-5-7-9-17;/h5-9,15-16H,10-14H2,1-4H3,(H2,20,21,22);1H. The highest BCUT2D eigenvalue weighted by atomic mass is 127. The molecule has 1 heterocycles. The van der Waals surface area contributed by atoms with E-state index < -0.39 is 0 Å². The lowest BCUT2D eigenvalue weighted by Gasteiger charge is -2.22. The number of rotatable bonds is 6. The lowest BCUT2D eigenvalue weighted by molar-refractivity contribution is -0.133. The van der Waals surface area contributed by atoms with Gasteiger partial charge in [0.2, 0.25) is 5.91 Å². The lowest BCUT2D eigenvalue weighted by Crippen LogP contribution is -2.46. The molecule has 2 N–H and O–H groups in total. The van der Waals surface area contributed by atoms with E-state index in [9.17, 15) is 4.79 Å². The second-order valence-corrected chi connectivity index (χ2v) is 6.82. The molecule has 0 saturated carbocycles. The Morgan fingerprint density at radius 3 is 2.65 bits per heavy atom. The largest absolute Gasteiger partial charge is 0.373 e. The number of halogens is 1. The molecule has 1 saturated heterocycles. The maximum atomic E-state index is 12.1. The molecular weight excluding hydrogens is 441 g/mol. The molecule has 0 bridgehead atoms. The van der Waals surface area contributed by atoms with Crippen molar-refractivity contribution in [2.24, 2.45) is 10.9 Å². The van der Waals surface area contributed by atoms with Gasteiger partial charge in [0, 0.05) is 57.9 Å². The van der Waals surface area contributed by atoms with Gasteiger partial charge in [-0.1, -0.05) is 32.0 Å². The fourth-order valence-corrected chi connectivity index (χ4v) is 2.98. The van der Waals surface area contributed by atoms with Gasteiger partial charge in [0.05, 0.1) is 0 Å². The zero-order valence-corrected chi connectivity index (χ0v) is 18.6. The molecule has 0 aliphatic carbocycles. The molecule has 1 aromatic rings. The predicted molar refractivity (Wildman–Crippen MR) is 119 cm³/mol. The van der Waals surface area contributed by atoms with Gasteiger partial charge in [0.15, 0.2) is 5.96 Å². The third-order valence-electron chi connectivity index (χ3n) is 4.49. The number of benzene rings is 1. The Morgan fingerprint density at radius 2 is 2.04 bits per heavy atom. The Balaban J connectivity index is 0.00000338. The van der Waals surface area contributed by atoms with Gasteiger partial charge >= 0.3 is 0 Å². The molecule has 1 amide bonds. The maximum Gasteiger partial charge on any atom is 0.225 e. The molecule has 1 unspecified atom stereocenters. The Labute approximate surface area is 174 Å². The molecule has 0 aromatic heterocycles. The van der Waals surface area contributed by atoms with Gasteiger partial charge in [-0.2, -0.15) is 0 Å². The van der Waals surface area contributed by atoms with E-state index in [1.54, 1.807) is 7.05 Å². The van der Waals surface area contributed by atoms with Crippen molar-refractivity contribution < 1.29 is 4.79 Å². The highest BCUT2D eigenvalue weighted by Gasteiger charge is 2.27. The number of nitrogens with zero attached hydrogens (tertiary/aromatic N) is 3. The van der Waals surface area contributed by atoms with Gasteiger partial charge < -0.3 is 20.4 Å². The molecule has 0 radical (unpaired) electrons. The van der Waals surface area contributed by atoms with Crippen LogP contribution in [-0.4, -0.2) is 63.1 Å². The Morgan fingerprint density at radius 1 is 1.35 bits per heavy atom. The van der Waals surface area contributed by atoms with E-state index in [1.807, 2.05) is 36.9 Å². The van der Waals surface area contributed by atoms with Crippen LogP contribution in [0.3, 0.4) is 0 Å². The van der Waals surface area contributed by atoms with Crippen LogP contribution in [-0.2, 0) is 4.79 Å². The number of hydrogen-bond donors (Lipinski definition) is 2. The number of carbonyl (C=O) groups is 1. The Bertz CT molecular complexity index is 579. The topological polar surface area (TPSA) is 60.0 Å². The quantitative estimate of drug-likeness (QED) is 0.378. The van der Waals surface area contributed by atoms with Crippen molar-refractivity contribution in [2.45, 2.75) is 26.3 Å². The first-order valence-corrected chi connectivity index (χ1v) is 9.03. The number of para-hydroxylation sites is 1. The van der Waals surface area contributed by atoms with E-state index >= 15 is 0 Å². The Kier molecular flexibility index (Phi) is 9.75. The van der Waals surface area contributed by atoms with Crippen molar-refractivity contribution in [2.75, 3.05) is 45.2 Å². The minimum Gasteiger partial charge on any atom is -0.373 e. The molecule has 0 spiro atoms. The number of amides is 1. The summed E-state index contributed by atoms with van der Waals surface area (Å²) in [5, 5.41) is 6.79. The normalized spacial score (nSPS) is 17.0. The van der Waals surface area contributed by atoms with E-state index in [4.69, 9.17) is 0 Å². The van der Waals surface area contributed by atoms with E-state index in [-0.39, 0.29) is 41.8 Å². The van der Waals surface area contributed by atoms with Crippen LogP contribution in [0, 0.1) is 5.92 Å². The van der Waals surface area contributed by atoms with Gasteiger partial charge in [0.1, 0.15) is 0 Å². The van der Waals surface area contributed by atoms with Crippen LogP contribution < -0.4 is 15.5 Å². The number of likely N-dealkylation sites (N-methyl/N-ethyl adjacent to an activating group) is 1. The summed E-state index contributed by atoms with van der Waals surface area (Å²) in [4.78, 5) is 20.5. The van der Waals surface area contributed by atoms with Gasteiger partial charge in [-0.25, -0.2) is 0 Å². The van der Waals surface area contributed by atoms with Crippen LogP contribution in [0.2, 0.25) is 0 Å². The SMILES string of the molecule is CN=C(NCCN(C)c1ccccc1)NC1CCN(C(=O)C(C)C)C1.I. The zero-order valence-electron chi connectivity index (χ0n) is 16.2. The average molecular weight is 473 g/mol. The van der Waals surface area contributed by atoms with Crippen LogP contribution in [0.4, 0.5) is 5.69 Å². The minimum absolute atomic E-state index is 0. The summed E-state index contributed by atoms with van der Waals surface area (Å²) in [6, 6.07) is 10.6. The first-order valence-electron chi connectivity index (χ1n) is 9.03. The number of aliphatic imine (C=N–C) groups is 1. The fraction of sp³-hybridized carbons (Fsp3) is 0.579. The van der Waals surface area contributed by atoms with Gasteiger partial charge in [0.25, 0.3) is 0 Å². The van der Waals surface area contributed by atoms with Crippen LogP contribution in [0.15, 0.2) is 35.3 Å². The van der Waals surface area contributed by atoms with E-state index in [1.165, 1.54) is 5.69 Å². The molecule has 1 atom stereocenters. The Hall–Kier alpha value is -1.51. The molecular formula is C19H32IN5O. The van der Waals surface area contributed by atoms with E-state index in [2.05, 4.69) is 39.7 Å². The van der Waals surface area contributed by atoms with Gasteiger partial charge in [-0.15, -0.1) is 24.0 Å². The summed E-state index contributed by atoms with van der Waals surface area (Å²) < 4.78 is 0. The van der Waals surface area contributed by atoms with Gasteiger partial charge in [-0.3, -0.25) is 9.79 Å². The third kappa shape index (κ3) is 6.66. The van der Waals surface area contributed by atoms with Crippen LogP contribution in [0.1, 0.15) is 20.3 Å². The average Bonchev–Trinajstić information content (AvgIpc) is 3.09. The second-order valence-electron chi connectivity index (χ2n) is 6.82. The highest BCUT2D eigenvalue weighted by molar-refractivity contribution is 14.0. The van der Waals surface area contributed by atoms with Crippen molar-refractivity contribution >= 4 is 41.5 Å². The minimum atomic E-state index is 0. The molecule has 26 heavy (non-hydrogen) atoms. The fourth-order valence-electron chi connectivity index (χ4n) is 2.98. The molecule has 1 aliphatic heterocycles. The number of likely N-dealkylation sites (tertiary alicyclic amines) is 1. The second kappa shape index (κ2) is 11.3. The van der Waals surface area contributed by atoms with Gasteiger partial charge in [-0.05, 0) is 18.6 Å². The number of anilines is 1. The van der Waals surface area contributed by atoms with E-state index in [0.717, 1.165) is 38.6 Å². The predicted octanol–water partition coefficient (Wildman–Crippen LogP) is 2.16. The molecule has 2 rings (SSSR count). The third-order valence-corrected chi connectivity index (χ3v) is 4.49. The van der Waals surface area contributed by atoms with Crippen LogP contribution in [0.5, 0.6) is 0 Å². The van der Waals surface area contributed by atoms with Crippen LogP contribution >= 0.6 is 24.0 Å². The number of guanidine groups is 1. The summed E-state index contributed by atoms with van der Waals surface area (Å²) in [5.41, 5.74) is 1.20. The summed E-state index contributed by atoms with van der Waals surface area (Å²) in [5.74, 6) is 1.09. The number of hydrogen-bond acceptors (Lipinski definition) is 3. The van der Waals surface area contributed by atoms with Crippen molar-refractivity contribution in [3.63, 3.8) is 0 Å². The summed E-state index contributed by atoms with van der Waals surface area (Å²) in [6.45, 7) is 7.16.